The molecule has 1 saturated carbocycles. The monoisotopic (exact) mass is 172 g/mol. The first-order valence-electron chi connectivity index (χ1n) is 4.84. The summed E-state index contributed by atoms with van der Waals surface area (Å²) in [4.78, 5) is 0. The summed E-state index contributed by atoms with van der Waals surface area (Å²) in [7, 11) is 0. The van der Waals surface area contributed by atoms with Crippen molar-refractivity contribution in [3.63, 3.8) is 0 Å². The highest BCUT2D eigenvalue weighted by atomic mass is 16.3. The van der Waals surface area contributed by atoms with E-state index in [2.05, 4.69) is 13.8 Å². The Hall–Kier alpha value is -0.0800. The molecule has 0 bridgehead atoms. The Morgan fingerprint density at radius 2 is 2.00 bits per heavy atom. The van der Waals surface area contributed by atoms with E-state index in [1.165, 1.54) is 0 Å². The van der Waals surface area contributed by atoms with Crippen LogP contribution in [0.4, 0.5) is 0 Å². The maximum Gasteiger partial charge on any atom is 0.0877 e. The van der Waals surface area contributed by atoms with Crippen molar-refractivity contribution in [2.75, 3.05) is 0 Å². The lowest BCUT2D eigenvalue weighted by Gasteiger charge is -2.39. The molecule has 2 heteroatoms. The summed E-state index contributed by atoms with van der Waals surface area (Å²) in [6, 6.07) is 0. The largest absolute Gasteiger partial charge is 0.390 e. The Kier molecular flexibility index (Phi) is 2.79. The third-order valence-corrected chi connectivity index (χ3v) is 3.21. The standard InChI is InChI=1S/C10H20O2/c1-7(2)8-4-5-10(3,12)9(11)6-8/h7-9,11-12H,4-6H2,1-3H3/t8-,9?,10?/m0/s1. The van der Waals surface area contributed by atoms with Crippen LogP contribution in [-0.4, -0.2) is 21.9 Å². The molecule has 0 aromatic heterocycles. The second-order valence-corrected chi connectivity index (χ2v) is 4.65. The normalized spacial score (nSPS) is 43.5. The first-order valence-corrected chi connectivity index (χ1v) is 4.84. The molecule has 1 aliphatic rings. The molecule has 2 N–H and O–H groups in total. The van der Waals surface area contributed by atoms with Gasteiger partial charge in [0.25, 0.3) is 0 Å². The molecule has 0 saturated heterocycles. The average Bonchev–Trinajstić information content (AvgIpc) is 1.94. The molecule has 2 unspecified atom stereocenters. The van der Waals surface area contributed by atoms with Gasteiger partial charge < -0.3 is 10.2 Å². The van der Waals surface area contributed by atoms with Crippen LogP contribution < -0.4 is 0 Å². The van der Waals surface area contributed by atoms with E-state index in [0.717, 1.165) is 19.3 Å². The molecule has 12 heavy (non-hydrogen) atoms. The van der Waals surface area contributed by atoms with Gasteiger partial charge in [0, 0.05) is 0 Å². The molecule has 0 aliphatic heterocycles. The highest BCUT2D eigenvalue weighted by molar-refractivity contribution is 4.89. The SMILES string of the molecule is CC(C)[C@H]1CCC(C)(O)C(O)C1. The van der Waals surface area contributed by atoms with Gasteiger partial charge in [0.05, 0.1) is 11.7 Å². The minimum absolute atomic E-state index is 0.529. The maximum atomic E-state index is 9.69. The topological polar surface area (TPSA) is 40.5 Å². The molecule has 1 fully saturated rings. The zero-order valence-corrected chi connectivity index (χ0v) is 8.25. The molecule has 0 aromatic rings. The second-order valence-electron chi connectivity index (χ2n) is 4.65. The maximum absolute atomic E-state index is 9.69. The van der Waals surface area contributed by atoms with Crippen LogP contribution >= 0.6 is 0 Å². The molecule has 3 atom stereocenters. The molecule has 0 radical (unpaired) electrons. The lowest BCUT2D eigenvalue weighted by molar-refractivity contribution is -0.103. The summed E-state index contributed by atoms with van der Waals surface area (Å²) >= 11 is 0. The zero-order valence-electron chi connectivity index (χ0n) is 8.25. The molecular weight excluding hydrogens is 152 g/mol. The van der Waals surface area contributed by atoms with Gasteiger partial charge in [0.2, 0.25) is 0 Å². The van der Waals surface area contributed by atoms with Crippen molar-refractivity contribution in [2.24, 2.45) is 11.8 Å². The van der Waals surface area contributed by atoms with Crippen LogP contribution in [0.2, 0.25) is 0 Å². The van der Waals surface area contributed by atoms with Gasteiger partial charge >= 0.3 is 0 Å². The highest BCUT2D eigenvalue weighted by Gasteiger charge is 2.37. The Balaban J connectivity index is 2.52. The number of hydrogen-bond acceptors (Lipinski definition) is 2. The van der Waals surface area contributed by atoms with Gasteiger partial charge in [-0.3, -0.25) is 0 Å². The Morgan fingerprint density at radius 3 is 2.42 bits per heavy atom. The molecule has 1 aliphatic carbocycles. The molecule has 0 heterocycles. The quantitative estimate of drug-likeness (QED) is 0.630. The van der Waals surface area contributed by atoms with Gasteiger partial charge in [-0.05, 0) is 38.0 Å². The first-order chi connectivity index (χ1) is 5.43. The summed E-state index contributed by atoms with van der Waals surface area (Å²) in [5.41, 5.74) is -0.842. The van der Waals surface area contributed by atoms with Gasteiger partial charge in [-0.2, -0.15) is 0 Å². The smallest absolute Gasteiger partial charge is 0.0877 e. The summed E-state index contributed by atoms with van der Waals surface area (Å²) < 4.78 is 0. The van der Waals surface area contributed by atoms with E-state index >= 15 is 0 Å². The Labute approximate surface area is 74.6 Å². The van der Waals surface area contributed by atoms with Gasteiger partial charge in [0.15, 0.2) is 0 Å². The van der Waals surface area contributed by atoms with Crippen molar-refractivity contribution in [3.8, 4) is 0 Å². The van der Waals surface area contributed by atoms with E-state index < -0.39 is 11.7 Å². The van der Waals surface area contributed by atoms with Crippen molar-refractivity contribution in [3.05, 3.63) is 0 Å². The third kappa shape index (κ3) is 1.99. The van der Waals surface area contributed by atoms with E-state index in [0.29, 0.717) is 11.8 Å². The van der Waals surface area contributed by atoms with Crippen molar-refractivity contribution < 1.29 is 10.2 Å². The summed E-state index contributed by atoms with van der Waals surface area (Å²) in [5, 5.41) is 19.3. The van der Waals surface area contributed by atoms with Crippen LogP contribution in [-0.2, 0) is 0 Å². The molecule has 0 aromatic carbocycles. The second kappa shape index (κ2) is 3.35. The van der Waals surface area contributed by atoms with Crippen molar-refractivity contribution in [1.29, 1.82) is 0 Å². The van der Waals surface area contributed by atoms with Crippen LogP contribution in [0, 0.1) is 11.8 Å². The predicted octanol–water partition coefficient (Wildman–Crippen LogP) is 1.55. The van der Waals surface area contributed by atoms with Crippen molar-refractivity contribution in [1.82, 2.24) is 0 Å². The van der Waals surface area contributed by atoms with Crippen LogP contribution in [0.1, 0.15) is 40.0 Å². The van der Waals surface area contributed by atoms with Crippen molar-refractivity contribution in [2.45, 2.75) is 51.7 Å². The van der Waals surface area contributed by atoms with Gasteiger partial charge in [-0.1, -0.05) is 13.8 Å². The Bertz CT molecular complexity index is 152. The van der Waals surface area contributed by atoms with E-state index in [1.54, 1.807) is 6.92 Å². The van der Waals surface area contributed by atoms with E-state index in [-0.39, 0.29) is 0 Å². The molecule has 72 valence electrons. The van der Waals surface area contributed by atoms with Crippen LogP contribution in [0.15, 0.2) is 0 Å². The van der Waals surface area contributed by atoms with Gasteiger partial charge in [-0.15, -0.1) is 0 Å². The van der Waals surface area contributed by atoms with Crippen LogP contribution in [0.3, 0.4) is 0 Å². The fourth-order valence-corrected chi connectivity index (χ4v) is 1.91. The predicted molar refractivity (Wildman–Crippen MR) is 48.8 cm³/mol. The third-order valence-electron chi connectivity index (χ3n) is 3.21. The lowest BCUT2D eigenvalue weighted by Crippen LogP contribution is -2.45. The number of aliphatic hydroxyl groups excluding tert-OH is 1. The number of rotatable bonds is 1. The summed E-state index contributed by atoms with van der Waals surface area (Å²) in [6.07, 6.45) is 2.00. The molecule has 2 nitrogen and oxygen atoms in total. The van der Waals surface area contributed by atoms with Gasteiger partial charge in [-0.25, -0.2) is 0 Å². The average molecular weight is 172 g/mol. The number of hydrogen-bond donors (Lipinski definition) is 2. The van der Waals surface area contributed by atoms with Crippen LogP contribution in [0.25, 0.3) is 0 Å². The zero-order chi connectivity index (χ0) is 9.35. The van der Waals surface area contributed by atoms with E-state index in [4.69, 9.17) is 0 Å². The molecule has 0 spiro atoms. The number of aliphatic hydroxyl groups is 2. The fraction of sp³-hybridized carbons (Fsp3) is 1.00. The van der Waals surface area contributed by atoms with E-state index in [9.17, 15) is 10.2 Å². The first kappa shape index (κ1) is 10.0. The van der Waals surface area contributed by atoms with Gasteiger partial charge in [0.1, 0.15) is 0 Å². The van der Waals surface area contributed by atoms with Crippen LogP contribution in [0.5, 0.6) is 0 Å². The Morgan fingerprint density at radius 1 is 1.42 bits per heavy atom. The highest BCUT2D eigenvalue weighted by Crippen LogP contribution is 2.35. The van der Waals surface area contributed by atoms with E-state index in [1.807, 2.05) is 0 Å². The fourth-order valence-electron chi connectivity index (χ4n) is 1.91. The minimum Gasteiger partial charge on any atom is -0.390 e. The van der Waals surface area contributed by atoms with Crippen molar-refractivity contribution >= 4 is 0 Å². The molecule has 1 rings (SSSR count). The summed E-state index contributed by atoms with van der Waals surface area (Å²) in [6.45, 7) is 6.09. The molecular formula is C10H20O2. The minimum atomic E-state index is -0.842. The lowest BCUT2D eigenvalue weighted by atomic mass is 9.73. The molecule has 0 amide bonds. The summed E-state index contributed by atoms with van der Waals surface area (Å²) in [5.74, 6) is 1.20.